The first-order chi connectivity index (χ1) is 12.7. The van der Waals surface area contributed by atoms with Crippen LogP contribution in [0.1, 0.15) is 48.2 Å². The van der Waals surface area contributed by atoms with Crippen molar-refractivity contribution in [2.45, 2.75) is 45.4 Å². The lowest BCUT2D eigenvalue weighted by Crippen LogP contribution is -2.12. The highest BCUT2D eigenvalue weighted by Crippen LogP contribution is 2.37. The molecular weight excluding hydrogens is 362 g/mol. The van der Waals surface area contributed by atoms with Crippen LogP contribution in [0.25, 0.3) is 11.1 Å². The van der Waals surface area contributed by atoms with Crippen molar-refractivity contribution in [2.75, 3.05) is 17.6 Å². The van der Waals surface area contributed by atoms with E-state index in [1.54, 1.807) is 6.92 Å². The number of anilines is 1. The molecule has 0 amide bonds. The molecule has 0 aliphatic carbocycles. The average molecular weight is 390 g/mol. The summed E-state index contributed by atoms with van der Waals surface area (Å²) in [5.74, 6) is -1.24. The van der Waals surface area contributed by atoms with Crippen LogP contribution in [0.2, 0.25) is 0 Å². The molecule has 0 radical (unpaired) electrons. The first-order valence-electron chi connectivity index (χ1n) is 9.16. The van der Waals surface area contributed by atoms with Gasteiger partial charge in [-0.2, -0.15) is 0 Å². The van der Waals surface area contributed by atoms with Crippen LogP contribution in [-0.4, -0.2) is 31.8 Å². The molecule has 0 atom stereocenters. The molecule has 0 saturated carbocycles. The molecule has 5 nitrogen and oxygen atoms in total. The number of nitrogens with one attached hydrogen (secondary N) is 1. The number of carbonyl (C=O) groups is 1. The third-order valence-electron chi connectivity index (χ3n) is 4.42. The van der Waals surface area contributed by atoms with E-state index in [1.807, 2.05) is 32.0 Å². The SMILES string of the molecule is CCCCNc1cc(C(=O)O)cc(S(=O)(=O)CC)c1-c1cc(C)cc(C)c1. The minimum atomic E-state index is -3.62. The smallest absolute Gasteiger partial charge is 0.335 e. The lowest BCUT2D eigenvalue weighted by Gasteiger charge is -2.18. The second kappa shape index (κ2) is 8.57. The van der Waals surface area contributed by atoms with Crippen molar-refractivity contribution < 1.29 is 18.3 Å². The van der Waals surface area contributed by atoms with Gasteiger partial charge in [0.1, 0.15) is 0 Å². The summed E-state index contributed by atoms with van der Waals surface area (Å²) in [6.07, 6.45) is 1.88. The van der Waals surface area contributed by atoms with Gasteiger partial charge in [-0.15, -0.1) is 0 Å². The second-order valence-corrected chi connectivity index (χ2v) is 9.01. The van der Waals surface area contributed by atoms with Gasteiger partial charge in [-0.3, -0.25) is 0 Å². The highest BCUT2D eigenvalue weighted by atomic mass is 32.2. The van der Waals surface area contributed by atoms with E-state index in [0.29, 0.717) is 17.8 Å². The Morgan fingerprint density at radius 3 is 2.19 bits per heavy atom. The van der Waals surface area contributed by atoms with Crippen molar-refractivity contribution in [3.8, 4) is 11.1 Å². The molecule has 0 aliphatic rings. The van der Waals surface area contributed by atoms with E-state index in [0.717, 1.165) is 29.5 Å². The van der Waals surface area contributed by atoms with Crippen LogP contribution in [0.3, 0.4) is 0 Å². The summed E-state index contributed by atoms with van der Waals surface area (Å²) in [6, 6.07) is 8.69. The molecule has 0 aromatic heterocycles. The maximum absolute atomic E-state index is 12.8. The van der Waals surface area contributed by atoms with E-state index in [1.165, 1.54) is 12.1 Å². The molecule has 146 valence electrons. The average Bonchev–Trinajstić information content (AvgIpc) is 2.60. The molecule has 27 heavy (non-hydrogen) atoms. The number of aryl methyl sites for hydroxylation is 2. The number of carboxylic acids is 1. The molecule has 2 rings (SSSR count). The maximum Gasteiger partial charge on any atom is 0.335 e. The van der Waals surface area contributed by atoms with E-state index < -0.39 is 15.8 Å². The van der Waals surface area contributed by atoms with Crippen molar-refractivity contribution in [2.24, 2.45) is 0 Å². The van der Waals surface area contributed by atoms with Crippen molar-refractivity contribution in [1.29, 1.82) is 0 Å². The second-order valence-electron chi connectivity index (χ2n) is 6.76. The van der Waals surface area contributed by atoms with Gasteiger partial charge in [0.05, 0.1) is 16.2 Å². The highest BCUT2D eigenvalue weighted by molar-refractivity contribution is 7.91. The fourth-order valence-electron chi connectivity index (χ4n) is 3.10. The number of unbranched alkanes of at least 4 members (excludes halogenated alkanes) is 1. The van der Waals surface area contributed by atoms with Gasteiger partial charge in [-0.05, 0) is 38.0 Å². The van der Waals surface area contributed by atoms with Gasteiger partial charge in [0.15, 0.2) is 9.84 Å². The van der Waals surface area contributed by atoms with E-state index in [4.69, 9.17) is 0 Å². The van der Waals surface area contributed by atoms with E-state index in [9.17, 15) is 18.3 Å². The molecule has 6 heteroatoms. The third kappa shape index (κ3) is 4.89. The number of carboxylic acid groups (broad SMARTS) is 1. The van der Waals surface area contributed by atoms with Gasteiger partial charge in [-0.25, -0.2) is 13.2 Å². The Morgan fingerprint density at radius 1 is 1.04 bits per heavy atom. The largest absolute Gasteiger partial charge is 0.478 e. The number of sulfone groups is 1. The van der Waals surface area contributed by atoms with Crippen molar-refractivity contribution in [3.63, 3.8) is 0 Å². The lowest BCUT2D eigenvalue weighted by molar-refractivity contribution is 0.0696. The van der Waals surface area contributed by atoms with Crippen LogP contribution in [-0.2, 0) is 9.84 Å². The van der Waals surface area contributed by atoms with Crippen LogP contribution >= 0.6 is 0 Å². The summed E-state index contributed by atoms with van der Waals surface area (Å²) < 4.78 is 25.6. The zero-order valence-electron chi connectivity index (χ0n) is 16.3. The predicted molar refractivity (Wildman–Crippen MR) is 109 cm³/mol. The Hall–Kier alpha value is -2.34. The number of hydrogen-bond donors (Lipinski definition) is 2. The van der Waals surface area contributed by atoms with Gasteiger partial charge in [0, 0.05) is 17.8 Å². The molecule has 0 aliphatic heterocycles. The normalized spacial score (nSPS) is 11.4. The van der Waals surface area contributed by atoms with Crippen LogP contribution in [0.4, 0.5) is 5.69 Å². The topological polar surface area (TPSA) is 83.5 Å². The predicted octanol–water partition coefficient (Wildman–Crippen LogP) is 4.67. The fourth-order valence-corrected chi connectivity index (χ4v) is 4.25. The maximum atomic E-state index is 12.8. The lowest BCUT2D eigenvalue weighted by atomic mass is 9.97. The molecule has 0 unspecified atom stereocenters. The molecule has 2 aromatic rings. The summed E-state index contributed by atoms with van der Waals surface area (Å²) in [5, 5.41) is 12.7. The molecular formula is C21H27NO4S. The monoisotopic (exact) mass is 389 g/mol. The van der Waals surface area contributed by atoms with E-state index in [2.05, 4.69) is 12.2 Å². The van der Waals surface area contributed by atoms with Gasteiger partial charge in [0.2, 0.25) is 0 Å². The molecule has 0 heterocycles. The summed E-state index contributed by atoms with van der Waals surface area (Å²) in [5.41, 5.74) is 3.87. The first-order valence-corrected chi connectivity index (χ1v) is 10.8. The third-order valence-corrected chi connectivity index (χ3v) is 6.17. The quantitative estimate of drug-likeness (QED) is 0.641. The van der Waals surface area contributed by atoms with E-state index in [-0.39, 0.29) is 16.2 Å². The Labute approximate surface area is 161 Å². The summed E-state index contributed by atoms with van der Waals surface area (Å²) in [7, 11) is -3.62. The number of rotatable bonds is 8. The molecule has 0 saturated heterocycles. The highest BCUT2D eigenvalue weighted by Gasteiger charge is 2.24. The minimum Gasteiger partial charge on any atom is -0.478 e. The zero-order valence-corrected chi connectivity index (χ0v) is 17.1. The summed E-state index contributed by atoms with van der Waals surface area (Å²) >= 11 is 0. The molecule has 2 aromatic carbocycles. The Balaban J connectivity index is 2.84. The molecule has 0 bridgehead atoms. The van der Waals surface area contributed by atoms with Crippen LogP contribution in [0.15, 0.2) is 35.2 Å². The number of benzene rings is 2. The molecule has 0 fully saturated rings. The van der Waals surface area contributed by atoms with Crippen LogP contribution in [0.5, 0.6) is 0 Å². The van der Waals surface area contributed by atoms with Crippen molar-refractivity contribution >= 4 is 21.5 Å². The Kier molecular flexibility index (Phi) is 6.65. The van der Waals surface area contributed by atoms with Gasteiger partial charge < -0.3 is 10.4 Å². The Bertz CT molecular complexity index is 929. The molecule has 2 N–H and O–H groups in total. The van der Waals surface area contributed by atoms with Crippen LogP contribution in [0, 0.1) is 13.8 Å². The van der Waals surface area contributed by atoms with E-state index >= 15 is 0 Å². The molecule has 0 spiro atoms. The van der Waals surface area contributed by atoms with Crippen LogP contribution < -0.4 is 5.32 Å². The number of hydrogen-bond acceptors (Lipinski definition) is 4. The van der Waals surface area contributed by atoms with Gasteiger partial charge in [0.25, 0.3) is 0 Å². The fraction of sp³-hybridized carbons (Fsp3) is 0.381. The first kappa shape index (κ1) is 21.0. The summed E-state index contributed by atoms with van der Waals surface area (Å²) in [4.78, 5) is 11.6. The van der Waals surface area contributed by atoms with Gasteiger partial charge >= 0.3 is 5.97 Å². The zero-order chi connectivity index (χ0) is 20.2. The van der Waals surface area contributed by atoms with Crippen molar-refractivity contribution in [3.05, 3.63) is 47.0 Å². The standard InChI is InChI=1S/C21H27NO4S/c1-5-7-8-22-18-12-17(21(23)24)13-19(27(25,26)6-2)20(18)16-10-14(3)9-15(4)11-16/h9-13,22H,5-8H2,1-4H3,(H,23,24). The minimum absolute atomic E-state index is 0.0332. The summed E-state index contributed by atoms with van der Waals surface area (Å²) in [6.45, 7) is 8.19. The van der Waals surface area contributed by atoms with Crippen molar-refractivity contribution in [1.82, 2.24) is 0 Å². The number of aromatic carboxylic acids is 1. The Morgan fingerprint density at radius 2 is 1.67 bits per heavy atom. The van der Waals surface area contributed by atoms with Gasteiger partial charge in [-0.1, -0.05) is 49.6 Å².